The lowest BCUT2D eigenvalue weighted by molar-refractivity contribution is -0.121. The van der Waals surface area contributed by atoms with Crippen LogP contribution >= 0.6 is 24.0 Å². The van der Waals surface area contributed by atoms with Crippen LogP contribution in [0.25, 0.3) is 0 Å². The largest absolute Gasteiger partial charge is 0.494 e. The number of carbonyl (C=O) groups excluding carboxylic acids is 1. The molecule has 0 fully saturated rings. The highest BCUT2D eigenvalue weighted by Gasteiger charge is 2.02. The Labute approximate surface area is 138 Å². The van der Waals surface area contributed by atoms with Gasteiger partial charge in [0.2, 0.25) is 5.91 Å². The van der Waals surface area contributed by atoms with Crippen molar-refractivity contribution in [2.24, 2.45) is 0 Å². The summed E-state index contributed by atoms with van der Waals surface area (Å²) in [5, 5.41) is 6.74. The molecule has 0 atom stereocenters. The molecule has 0 aliphatic rings. The second-order valence-corrected chi connectivity index (χ2v) is 4.97. The molecule has 1 amide bonds. The lowest BCUT2D eigenvalue weighted by Gasteiger charge is -2.08. The van der Waals surface area contributed by atoms with Crippen LogP contribution in [0.15, 0.2) is 18.2 Å². The summed E-state index contributed by atoms with van der Waals surface area (Å²) in [6.07, 6.45) is 1.19. The van der Waals surface area contributed by atoms with Gasteiger partial charge in [0.05, 0.1) is 6.61 Å². The number of likely N-dealkylation sites (N-methyl/N-ethyl adjacent to an activating group) is 1. The molecule has 2 N–H and O–H groups in total. The van der Waals surface area contributed by atoms with E-state index in [1.165, 1.54) is 0 Å². The van der Waals surface area contributed by atoms with Crippen LogP contribution in [0.4, 0.5) is 0 Å². The minimum atomic E-state index is 0. The molecule has 0 saturated heterocycles. The quantitative estimate of drug-likeness (QED) is 0.682. The summed E-state index contributed by atoms with van der Waals surface area (Å²) < 4.78 is 5.58. The van der Waals surface area contributed by atoms with E-state index in [2.05, 4.69) is 10.6 Å². The first kappa shape index (κ1) is 20.0. The van der Waals surface area contributed by atoms with Crippen LogP contribution in [-0.2, 0) is 4.79 Å². The Morgan fingerprint density at radius 3 is 2.76 bits per heavy atom. The molecule has 6 heteroatoms. The van der Waals surface area contributed by atoms with Crippen molar-refractivity contribution in [1.29, 1.82) is 0 Å². The Bertz CT molecular complexity index is 428. The maximum atomic E-state index is 11.5. The smallest absolute Gasteiger partial charge is 0.220 e. The van der Waals surface area contributed by atoms with E-state index < -0.39 is 0 Å². The molecule has 120 valence electrons. The van der Waals surface area contributed by atoms with Crippen LogP contribution in [0.3, 0.4) is 0 Å². The van der Waals surface area contributed by atoms with Crippen LogP contribution in [0, 0.1) is 6.92 Å². The highest BCUT2D eigenvalue weighted by molar-refractivity contribution is 6.31. The zero-order valence-electron chi connectivity index (χ0n) is 12.6. The van der Waals surface area contributed by atoms with Crippen LogP contribution in [0.1, 0.15) is 25.3 Å². The topological polar surface area (TPSA) is 50.4 Å². The van der Waals surface area contributed by atoms with Gasteiger partial charge in [-0.3, -0.25) is 4.79 Å². The third-order valence-corrected chi connectivity index (χ3v) is 3.24. The third-order valence-electron chi connectivity index (χ3n) is 2.82. The van der Waals surface area contributed by atoms with E-state index in [9.17, 15) is 4.79 Å². The molecule has 21 heavy (non-hydrogen) atoms. The van der Waals surface area contributed by atoms with Gasteiger partial charge in [-0.2, -0.15) is 0 Å². The Balaban J connectivity index is 0.00000400. The molecular weight excluding hydrogens is 311 g/mol. The minimum Gasteiger partial charge on any atom is -0.494 e. The first-order chi connectivity index (χ1) is 9.63. The van der Waals surface area contributed by atoms with Crippen molar-refractivity contribution in [3.05, 3.63) is 28.8 Å². The summed E-state index contributed by atoms with van der Waals surface area (Å²) in [5.74, 6) is 0.859. The maximum Gasteiger partial charge on any atom is 0.220 e. The lowest BCUT2D eigenvalue weighted by atomic mass is 10.2. The predicted octanol–water partition coefficient (Wildman–Crippen LogP) is 2.95. The Morgan fingerprint density at radius 2 is 2.10 bits per heavy atom. The Hall–Kier alpha value is -0.970. The number of benzene rings is 1. The summed E-state index contributed by atoms with van der Waals surface area (Å²) >= 11 is 5.94. The molecule has 0 aromatic heterocycles. The number of hydrogen-bond acceptors (Lipinski definition) is 3. The molecule has 4 nitrogen and oxygen atoms in total. The van der Waals surface area contributed by atoms with Crippen LogP contribution in [0.5, 0.6) is 5.75 Å². The van der Waals surface area contributed by atoms with Gasteiger partial charge in [0.25, 0.3) is 0 Å². The number of aryl methyl sites for hydroxylation is 1. The molecule has 0 unspecified atom stereocenters. The van der Waals surface area contributed by atoms with E-state index in [4.69, 9.17) is 16.3 Å². The van der Waals surface area contributed by atoms with Gasteiger partial charge >= 0.3 is 0 Å². The van der Waals surface area contributed by atoms with Crippen molar-refractivity contribution < 1.29 is 9.53 Å². The lowest BCUT2D eigenvalue weighted by Crippen LogP contribution is -2.31. The molecule has 0 aliphatic heterocycles. The number of hydrogen-bond donors (Lipinski definition) is 2. The number of rotatable bonds is 9. The zero-order chi connectivity index (χ0) is 14.8. The van der Waals surface area contributed by atoms with Gasteiger partial charge in [0.1, 0.15) is 5.75 Å². The van der Waals surface area contributed by atoms with Crippen molar-refractivity contribution in [1.82, 2.24) is 10.6 Å². The molecule has 1 aromatic rings. The van der Waals surface area contributed by atoms with Crippen molar-refractivity contribution in [3.8, 4) is 5.75 Å². The van der Waals surface area contributed by atoms with Crippen LogP contribution in [0.2, 0.25) is 5.02 Å². The molecule has 0 aliphatic carbocycles. The fraction of sp³-hybridized carbons (Fsp3) is 0.533. The van der Waals surface area contributed by atoms with Gasteiger partial charge in [-0.1, -0.05) is 18.5 Å². The predicted molar refractivity (Wildman–Crippen MR) is 89.7 cm³/mol. The summed E-state index contributed by atoms with van der Waals surface area (Å²) in [6, 6.07) is 5.56. The normalized spacial score (nSPS) is 9.86. The van der Waals surface area contributed by atoms with E-state index in [1.54, 1.807) is 0 Å². The van der Waals surface area contributed by atoms with Gasteiger partial charge < -0.3 is 15.4 Å². The first-order valence-corrected chi connectivity index (χ1v) is 7.37. The number of nitrogens with one attached hydrogen (secondary N) is 2. The van der Waals surface area contributed by atoms with Crippen molar-refractivity contribution in [3.63, 3.8) is 0 Å². The second-order valence-electron chi connectivity index (χ2n) is 4.57. The average Bonchev–Trinajstić information content (AvgIpc) is 2.43. The number of amides is 1. The standard InChI is InChI=1S/C15H23ClN2O2.ClH/c1-3-17-8-9-18-15(19)5-4-10-20-13-6-7-14(16)12(2)11-13;/h6-7,11,17H,3-5,8-10H2,1-2H3,(H,18,19);1H. The van der Waals surface area contributed by atoms with Crippen molar-refractivity contribution >= 4 is 29.9 Å². The van der Waals surface area contributed by atoms with E-state index in [1.807, 2.05) is 32.0 Å². The van der Waals surface area contributed by atoms with Gasteiger partial charge in [0, 0.05) is 24.5 Å². The van der Waals surface area contributed by atoms with Crippen LogP contribution < -0.4 is 15.4 Å². The Kier molecular flexibility index (Phi) is 11.1. The summed E-state index contributed by atoms with van der Waals surface area (Å²) in [7, 11) is 0. The van der Waals surface area contributed by atoms with Gasteiger partial charge in [-0.05, 0) is 43.7 Å². The highest BCUT2D eigenvalue weighted by atomic mass is 35.5. The Morgan fingerprint density at radius 1 is 1.33 bits per heavy atom. The van der Waals surface area contributed by atoms with Crippen molar-refractivity contribution in [2.75, 3.05) is 26.2 Å². The fourth-order valence-corrected chi connectivity index (χ4v) is 1.80. The fourth-order valence-electron chi connectivity index (χ4n) is 1.69. The minimum absolute atomic E-state index is 0. The SMILES string of the molecule is CCNCCNC(=O)CCCOc1ccc(Cl)c(C)c1.Cl. The zero-order valence-corrected chi connectivity index (χ0v) is 14.1. The van der Waals surface area contributed by atoms with E-state index in [-0.39, 0.29) is 18.3 Å². The molecule has 1 rings (SSSR count). The molecule has 0 bridgehead atoms. The average molecular weight is 335 g/mol. The molecule has 0 spiro atoms. The highest BCUT2D eigenvalue weighted by Crippen LogP contribution is 2.21. The molecule has 1 aromatic carbocycles. The first-order valence-electron chi connectivity index (χ1n) is 7.00. The molecule has 0 saturated carbocycles. The van der Waals surface area contributed by atoms with Gasteiger partial charge in [0.15, 0.2) is 0 Å². The van der Waals surface area contributed by atoms with E-state index >= 15 is 0 Å². The number of halogens is 2. The van der Waals surface area contributed by atoms with E-state index in [0.717, 1.165) is 29.4 Å². The van der Waals surface area contributed by atoms with Gasteiger partial charge in [-0.25, -0.2) is 0 Å². The van der Waals surface area contributed by atoms with Crippen LogP contribution in [-0.4, -0.2) is 32.1 Å². The number of carbonyl (C=O) groups is 1. The molecule has 0 heterocycles. The van der Waals surface area contributed by atoms with Crippen molar-refractivity contribution in [2.45, 2.75) is 26.7 Å². The third kappa shape index (κ3) is 8.81. The van der Waals surface area contributed by atoms with Gasteiger partial charge in [-0.15, -0.1) is 12.4 Å². The van der Waals surface area contributed by atoms with E-state index in [0.29, 0.717) is 26.0 Å². The molecule has 0 radical (unpaired) electrons. The maximum absolute atomic E-state index is 11.5. The number of ether oxygens (including phenoxy) is 1. The molecular formula is C15H24Cl2N2O2. The summed E-state index contributed by atoms with van der Waals surface area (Å²) in [5.41, 5.74) is 0.991. The summed E-state index contributed by atoms with van der Waals surface area (Å²) in [6.45, 7) is 6.91. The monoisotopic (exact) mass is 334 g/mol. The summed E-state index contributed by atoms with van der Waals surface area (Å²) in [4.78, 5) is 11.5. The second kappa shape index (κ2) is 11.7.